The highest BCUT2D eigenvalue weighted by Crippen LogP contribution is 2.30. The summed E-state index contributed by atoms with van der Waals surface area (Å²) in [6.07, 6.45) is 0. The van der Waals surface area contributed by atoms with Gasteiger partial charge in [-0.3, -0.25) is 4.79 Å². The number of nitrogens with zero attached hydrogens (tertiary/aromatic N) is 2. The van der Waals surface area contributed by atoms with E-state index in [9.17, 15) is 4.79 Å². The standard InChI is InChI=1S/C13H11N3OS2/c1-7-11(8(2)17)19-12(14-7)16-13-15-9-5-3-4-6-10(9)18-13/h3-6H,1-2H3,(H,14,15,16). The molecule has 1 aromatic carbocycles. The molecule has 0 amide bonds. The average molecular weight is 289 g/mol. The number of fused-ring (bicyclic) bond motifs is 1. The van der Waals surface area contributed by atoms with Crippen LogP contribution in [0.2, 0.25) is 0 Å². The highest BCUT2D eigenvalue weighted by molar-refractivity contribution is 7.23. The number of Topliss-reactive ketones (excluding diaryl/α,β-unsaturated/α-hetero) is 1. The summed E-state index contributed by atoms with van der Waals surface area (Å²) in [5.74, 6) is 0.0485. The largest absolute Gasteiger partial charge is 0.307 e. The zero-order valence-corrected chi connectivity index (χ0v) is 12.1. The molecule has 6 heteroatoms. The van der Waals surface area contributed by atoms with Gasteiger partial charge in [-0.2, -0.15) is 0 Å². The second kappa shape index (κ2) is 4.71. The van der Waals surface area contributed by atoms with Crippen molar-refractivity contribution in [3.63, 3.8) is 0 Å². The van der Waals surface area contributed by atoms with Crippen molar-refractivity contribution in [1.82, 2.24) is 9.97 Å². The number of anilines is 2. The first-order chi connectivity index (χ1) is 9.13. The van der Waals surface area contributed by atoms with E-state index in [-0.39, 0.29) is 5.78 Å². The van der Waals surface area contributed by atoms with E-state index < -0.39 is 0 Å². The maximum atomic E-state index is 11.4. The lowest BCUT2D eigenvalue weighted by molar-refractivity contribution is 0.102. The lowest BCUT2D eigenvalue weighted by atomic mass is 10.3. The molecule has 0 aliphatic rings. The van der Waals surface area contributed by atoms with Crippen LogP contribution in [0.25, 0.3) is 10.2 Å². The molecule has 0 fully saturated rings. The maximum absolute atomic E-state index is 11.4. The summed E-state index contributed by atoms with van der Waals surface area (Å²) < 4.78 is 1.13. The van der Waals surface area contributed by atoms with Gasteiger partial charge in [-0.15, -0.1) is 0 Å². The summed E-state index contributed by atoms with van der Waals surface area (Å²) in [5.41, 5.74) is 1.73. The Hall–Kier alpha value is -1.79. The molecule has 0 spiro atoms. The number of hydrogen-bond acceptors (Lipinski definition) is 6. The molecule has 96 valence electrons. The van der Waals surface area contributed by atoms with E-state index in [1.54, 1.807) is 18.3 Å². The van der Waals surface area contributed by atoms with Crippen molar-refractivity contribution in [2.75, 3.05) is 5.32 Å². The fraction of sp³-hybridized carbons (Fsp3) is 0.154. The molecule has 0 saturated carbocycles. The van der Waals surface area contributed by atoms with Gasteiger partial charge in [0, 0.05) is 6.92 Å². The van der Waals surface area contributed by atoms with E-state index in [0.29, 0.717) is 10.0 Å². The Morgan fingerprint density at radius 1 is 1.16 bits per heavy atom. The van der Waals surface area contributed by atoms with E-state index in [0.717, 1.165) is 21.0 Å². The summed E-state index contributed by atoms with van der Waals surface area (Å²) in [6.45, 7) is 3.40. The van der Waals surface area contributed by atoms with Crippen LogP contribution in [0.3, 0.4) is 0 Å². The number of aromatic nitrogens is 2. The molecule has 2 heterocycles. The number of carbonyl (C=O) groups excluding carboxylic acids is 1. The molecule has 0 atom stereocenters. The number of benzene rings is 1. The Morgan fingerprint density at radius 2 is 1.89 bits per heavy atom. The molecule has 3 rings (SSSR count). The summed E-state index contributed by atoms with van der Waals surface area (Å²) in [4.78, 5) is 20.9. The van der Waals surface area contributed by atoms with E-state index >= 15 is 0 Å². The Balaban J connectivity index is 1.92. The van der Waals surface area contributed by atoms with Gasteiger partial charge in [-0.25, -0.2) is 9.97 Å². The molecule has 0 aliphatic carbocycles. The Bertz CT molecular complexity index is 727. The summed E-state index contributed by atoms with van der Waals surface area (Å²) >= 11 is 2.94. The maximum Gasteiger partial charge on any atom is 0.190 e. The predicted octanol–water partition coefficient (Wildman–Crippen LogP) is 4.01. The van der Waals surface area contributed by atoms with Crippen molar-refractivity contribution in [3.8, 4) is 0 Å². The molecule has 2 aromatic heterocycles. The smallest absolute Gasteiger partial charge is 0.190 e. The number of hydrogen-bond donors (Lipinski definition) is 1. The Labute approximate surface area is 118 Å². The van der Waals surface area contributed by atoms with E-state index in [1.165, 1.54) is 11.3 Å². The van der Waals surface area contributed by atoms with Gasteiger partial charge >= 0.3 is 0 Å². The monoisotopic (exact) mass is 289 g/mol. The molecule has 0 saturated heterocycles. The Morgan fingerprint density at radius 3 is 2.58 bits per heavy atom. The molecule has 1 N–H and O–H groups in total. The van der Waals surface area contributed by atoms with Crippen molar-refractivity contribution < 1.29 is 4.79 Å². The molecule has 0 bridgehead atoms. The molecule has 19 heavy (non-hydrogen) atoms. The molecule has 3 aromatic rings. The second-order valence-corrected chi connectivity index (χ2v) is 6.13. The quantitative estimate of drug-likeness (QED) is 0.740. The number of rotatable bonds is 3. The minimum absolute atomic E-state index is 0.0485. The van der Waals surface area contributed by atoms with Gasteiger partial charge in [0.05, 0.1) is 20.8 Å². The van der Waals surface area contributed by atoms with Crippen LogP contribution >= 0.6 is 22.7 Å². The number of para-hydroxylation sites is 1. The highest BCUT2D eigenvalue weighted by atomic mass is 32.1. The average Bonchev–Trinajstić information content (AvgIpc) is 2.92. The van der Waals surface area contributed by atoms with E-state index in [4.69, 9.17) is 0 Å². The van der Waals surface area contributed by atoms with Gasteiger partial charge in [0.15, 0.2) is 16.0 Å². The van der Waals surface area contributed by atoms with Crippen LogP contribution in [0, 0.1) is 6.92 Å². The van der Waals surface area contributed by atoms with Crippen LogP contribution in [-0.4, -0.2) is 15.8 Å². The topological polar surface area (TPSA) is 54.9 Å². The van der Waals surface area contributed by atoms with E-state index in [2.05, 4.69) is 15.3 Å². The van der Waals surface area contributed by atoms with Crippen molar-refractivity contribution in [1.29, 1.82) is 0 Å². The van der Waals surface area contributed by atoms with Crippen LogP contribution in [0.5, 0.6) is 0 Å². The van der Waals surface area contributed by atoms with Crippen LogP contribution in [0.15, 0.2) is 24.3 Å². The zero-order valence-electron chi connectivity index (χ0n) is 10.4. The number of ketones is 1. The lowest BCUT2D eigenvalue weighted by Gasteiger charge is -1.94. The van der Waals surface area contributed by atoms with Crippen molar-refractivity contribution >= 4 is 48.9 Å². The first kappa shape index (κ1) is 12.3. The van der Waals surface area contributed by atoms with Gasteiger partial charge in [0.1, 0.15) is 0 Å². The van der Waals surface area contributed by atoms with Gasteiger partial charge in [0.25, 0.3) is 0 Å². The Kier molecular flexibility index (Phi) is 3.04. The third kappa shape index (κ3) is 2.36. The molecule has 0 radical (unpaired) electrons. The minimum Gasteiger partial charge on any atom is -0.307 e. The summed E-state index contributed by atoms with van der Waals surface area (Å²) in [7, 11) is 0. The molecular weight excluding hydrogens is 278 g/mol. The lowest BCUT2D eigenvalue weighted by Crippen LogP contribution is -1.89. The predicted molar refractivity (Wildman–Crippen MR) is 79.8 cm³/mol. The summed E-state index contributed by atoms with van der Waals surface area (Å²) in [5, 5.41) is 4.68. The second-order valence-electron chi connectivity index (χ2n) is 4.10. The minimum atomic E-state index is 0.0485. The van der Waals surface area contributed by atoms with Crippen molar-refractivity contribution in [2.45, 2.75) is 13.8 Å². The fourth-order valence-corrected chi connectivity index (χ4v) is 3.58. The molecule has 0 aliphatic heterocycles. The number of thiazole rings is 2. The first-order valence-electron chi connectivity index (χ1n) is 5.74. The van der Waals surface area contributed by atoms with Gasteiger partial charge in [0.2, 0.25) is 0 Å². The SMILES string of the molecule is CC(=O)c1sc(Nc2nc3ccccc3s2)nc1C. The van der Waals surface area contributed by atoms with Gasteiger partial charge in [-0.05, 0) is 19.1 Å². The van der Waals surface area contributed by atoms with Crippen LogP contribution in [-0.2, 0) is 0 Å². The molecule has 4 nitrogen and oxygen atoms in total. The number of nitrogens with one attached hydrogen (secondary N) is 1. The third-order valence-corrected chi connectivity index (χ3v) is 4.75. The summed E-state index contributed by atoms with van der Waals surface area (Å²) in [6, 6.07) is 7.97. The van der Waals surface area contributed by atoms with Crippen molar-refractivity contribution in [3.05, 3.63) is 34.8 Å². The first-order valence-corrected chi connectivity index (χ1v) is 7.38. The van der Waals surface area contributed by atoms with Crippen LogP contribution in [0.1, 0.15) is 22.3 Å². The number of carbonyl (C=O) groups is 1. The third-order valence-electron chi connectivity index (χ3n) is 2.62. The zero-order chi connectivity index (χ0) is 13.4. The van der Waals surface area contributed by atoms with Gasteiger partial charge < -0.3 is 5.32 Å². The van der Waals surface area contributed by atoms with Crippen LogP contribution in [0.4, 0.5) is 10.3 Å². The number of aryl methyl sites for hydroxylation is 1. The fourth-order valence-electron chi connectivity index (χ4n) is 1.79. The van der Waals surface area contributed by atoms with Gasteiger partial charge in [-0.1, -0.05) is 34.8 Å². The molecule has 0 unspecified atom stereocenters. The highest BCUT2D eigenvalue weighted by Gasteiger charge is 2.12. The van der Waals surface area contributed by atoms with E-state index in [1.807, 2.05) is 31.2 Å². The van der Waals surface area contributed by atoms with Crippen LogP contribution < -0.4 is 5.32 Å². The normalized spacial score (nSPS) is 10.8. The van der Waals surface area contributed by atoms with Crippen molar-refractivity contribution in [2.24, 2.45) is 0 Å². The molecular formula is C13H11N3OS2.